The molecule has 0 aliphatic rings. The number of nitrogens with zero attached hydrogens (tertiary/aromatic N) is 2. The molecule has 0 heterocycles. The summed E-state index contributed by atoms with van der Waals surface area (Å²) in [6.45, 7) is 19.3. The van der Waals surface area contributed by atoms with E-state index in [9.17, 15) is 14.4 Å². The number of hydrogen-bond donors (Lipinski definition) is 3. The molecule has 0 aromatic heterocycles. The molecule has 0 unspecified atom stereocenters. The van der Waals surface area contributed by atoms with Crippen LogP contribution in [0.3, 0.4) is 0 Å². The van der Waals surface area contributed by atoms with Gasteiger partial charge in [0.2, 0.25) is 18.7 Å². The van der Waals surface area contributed by atoms with E-state index >= 15 is 0 Å². The predicted octanol–water partition coefficient (Wildman–Crippen LogP) is 15.8. The Hall–Kier alpha value is -1.32. The molecule has 0 atom stereocenters. The lowest BCUT2D eigenvalue weighted by Gasteiger charge is -2.21. The van der Waals surface area contributed by atoms with Crippen LogP contribution in [0, 0.1) is 0 Å². The fourth-order valence-corrected chi connectivity index (χ4v) is 9.49. The summed E-state index contributed by atoms with van der Waals surface area (Å²) < 4.78 is 0. The normalized spacial score (nSPS) is 11.0. The Kier molecular flexibility index (Phi) is 69.7. The van der Waals surface area contributed by atoms with Gasteiger partial charge in [0.1, 0.15) is 0 Å². The Morgan fingerprint density at radius 3 is 1.01 bits per heavy atom. The van der Waals surface area contributed by atoms with E-state index in [2.05, 4.69) is 67.4 Å². The molecule has 0 rings (SSSR count). The maximum absolute atomic E-state index is 12.2. The Balaban J connectivity index is -0.00000101. The number of rotatable bonds is 54. The number of carbonyl (C=O) groups is 3. The molecule has 3 N–H and O–H groups in total. The lowest BCUT2D eigenvalue weighted by Crippen LogP contribution is -2.33. The number of hydrogen-bond acceptors (Lipinski definition) is 6. The molecule has 0 bridgehead atoms. The van der Waals surface area contributed by atoms with Crippen molar-refractivity contribution in [3.63, 3.8) is 0 Å². The molecule has 0 aliphatic heterocycles. The molecule has 9 heteroatoms. The van der Waals surface area contributed by atoms with Crippen LogP contribution in [0.4, 0.5) is 0 Å². The molecule has 8 nitrogen and oxygen atoms in total. The van der Waals surface area contributed by atoms with Gasteiger partial charge in [-0.2, -0.15) is 11.8 Å². The molecular formula is C58H121N5O3S. The highest BCUT2D eigenvalue weighted by Crippen LogP contribution is 2.14. The van der Waals surface area contributed by atoms with Gasteiger partial charge in [-0.15, -0.1) is 0 Å². The largest absolute Gasteiger partial charge is 0.359 e. The molecule has 0 aromatic rings. The first-order valence-corrected chi connectivity index (χ1v) is 30.7. The summed E-state index contributed by atoms with van der Waals surface area (Å²) in [5, 5.41) is 8.55. The van der Waals surface area contributed by atoms with Crippen LogP contribution in [0.15, 0.2) is 0 Å². The topological polar surface area (TPSA) is 93.8 Å². The average molecular weight is 969 g/mol. The van der Waals surface area contributed by atoms with Gasteiger partial charge >= 0.3 is 0 Å². The third-order valence-corrected chi connectivity index (χ3v) is 13.8. The van der Waals surface area contributed by atoms with Gasteiger partial charge in [-0.3, -0.25) is 14.4 Å². The summed E-state index contributed by atoms with van der Waals surface area (Å²) in [5.74, 6) is 2.60. The van der Waals surface area contributed by atoms with Crippen LogP contribution < -0.4 is 16.0 Å². The van der Waals surface area contributed by atoms with Gasteiger partial charge in [0.15, 0.2) is 0 Å². The van der Waals surface area contributed by atoms with Crippen molar-refractivity contribution in [1.29, 1.82) is 0 Å². The second-order valence-electron chi connectivity index (χ2n) is 19.7. The second kappa shape index (κ2) is 66.8. The third kappa shape index (κ3) is 69.0. The maximum atomic E-state index is 12.2. The first-order chi connectivity index (χ1) is 33.0. The summed E-state index contributed by atoms with van der Waals surface area (Å²) in [6, 6.07) is 0. The number of unbranched alkanes of at least 4 members (excludes halogenated alkanes) is 33. The number of carbonyl (C=O) groups excluding carboxylic acids is 3. The Morgan fingerprint density at radius 1 is 0.373 bits per heavy atom. The van der Waals surface area contributed by atoms with Gasteiger partial charge in [0.25, 0.3) is 0 Å². The fraction of sp³-hybridized carbons (Fsp3) is 0.948. The molecular weight excluding hydrogens is 847 g/mol. The molecule has 0 fully saturated rings. The zero-order valence-corrected chi connectivity index (χ0v) is 47.1. The summed E-state index contributed by atoms with van der Waals surface area (Å²) in [7, 11) is 2.21. The van der Waals surface area contributed by atoms with E-state index in [1.807, 2.05) is 11.8 Å². The first kappa shape index (κ1) is 69.9. The zero-order chi connectivity index (χ0) is 49.6. The molecule has 3 amide bonds. The highest BCUT2D eigenvalue weighted by molar-refractivity contribution is 7.99. The molecule has 0 aliphatic carbocycles. The fourth-order valence-electron chi connectivity index (χ4n) is 8.46. The van der Waals surface area contributed by atoms with Crippen LogP contribution in [0.2, 0.25) is 0 Å². The third-order valence-electron chi connectivity index (χ3n) is 12.8. The second-order valence-corrected chi connectivity index (χ2v) is 20.9. The van der Waals surface area contributed by atoms with Crippen molar-refractivity contribution in [2.75, 3.05) is 70.9 Å². The van der Waals surface area contributed by atoms with Gasteiger partial charge in [-0.25, -0.2) is 0 Å². The van der Waals surface area contributed by atoms with Crippen molar-refractivity contribution < 1.29 is 14.4 Å². The molecule has 0 aromatic carbocycles. The highest BCUT2D eigenvalue weighted by atomic mass is 32.2. The summed E-state index contributed by atoms with van der Waals surface area (Å²) in [5.41, 5.74) is 0. The van der Waals surface area contributed by atoms with Crippen LogP contribution in [0.25, 0.3) is 0 Å². The lowest BCUT2D eigenvalue weighted by molar-refractivity contribution is -0.121. The van der Waals surface area contributed by atoms with Gasteiger partial charge in [0.05, 0.1) is 0 Å². The molecule has 0 saturated heterocycles. The molecule has 0 spiro atoms. The van der Waals surface area contributed by atoms with E-state index in [-0.39, 0.29) is 5.91 Å². The average Bonchev–Trinajstić information content (AvgIpc) is 3.33. The van der Waals surface area contributed by atoms with E-state index in [4.69, 9.17) is 0 Å². The number of nitrogens with one attached hydrogen (secondary N) is 3. The molecule has 67 heavy (non-hydrogen) atoms. The summed E-state index contributed by atoms with van der Waals surface area (Å²) >= 11 is 2.04. The zero-order valence-electron chi connectivity index (χ0n) is 46.3. The number of thioether (sulfide) groups is 1. The first-order valence-electron chi connectivity index (χ1n) is 29.6. The minimum atomic E-state index is 0.230. The molecule has 0 radical (unpaired) electrons. The van der Waals surface area contributed by atoms with Gasteiger partial charge in [0, 0.05) is 57.2 Å². The standard InChI is InChI=1S/C28H59N3OS.2C15H31NO/c1-5-8-9-10-11-12-13-14-15-16-17-18-20-29-28(32)19-23-31(22-7-3)25-27-33-26-24-30(4)21-6-2;2*1-2-3-4-5-6-7-8-9-10-11-12-13-14-16-15-17/h5-27H2,1-4H3,(H,29,32);2*15H,2-14H2,1H3,(H,16,17). The van der Waals surface area contributed by atoms with E-state index in [1.54, 1.807) is 0 Å². The van der Waals surface area contributed by atoms with Crippen molar-refractivity contribution in [3.8, 4) is 0 Å². The Bertz CT molecular complexity index is 882. The monoisotopic (exact) mass is 968 g/mol. The molecule has 402 valence electrons. The minimum Gasteiger partial charge on any atom is -0.359 e. The highest BCUT2D eigenvalue weighted by Gasteiger charge is 2.08. The van der Waals surface area contributed by atoms with E-state index in [1.165, 1.54) is 243 Å². The SMILES string of the molecule is CCCCCCCCCCCCCCNC(=O)CCN(CCC)CCSCCN(C)CCC.CCCCCCCCCCCCCCNC=O.CCCCCCCCCCCCCCNC=O. The van der Waals surface area contributed by atoms with Crippen LogP contribution in [0.5, 0.6) is 0 Å². The van der Waals surface area contributed by atoms with Crippen molar-refractivity contribution in [2.45, 2.75) is 285 Å². The van der Waals surface area contributed by atoms with Crippen LogP contribution in [-0.2, 0) is 14.4 Å². The van der Waals surface area contributed by atoms with Crippen molar-refractivity contribution in [2.24, 2.45) is 0 Å². The van der Waals surface area contributed by atoms with E-state index in [0.29, 0.717) is 6.42 Å². The van der Waals surface area contributed by atoms with Crippen LogP contribution in [-0.4, -0.2) is 99.4 Å². The van der Waals surface area contributed by atoms with Crippen LogP contribution >= 0.6 is 11.8 Å². The maximum Gasteiger partial charge on any atom is 0.221 e. The predicted molar refractivity (Wildman–Crippen MR) is 301 cm³/mol. The lowest BCUT2D eigenvalue weighted by atomic mass is 10.1. The van der Waals surface area contributed by atoms with Crippen molar-refractivity contribution in [1.82, 2.24) is 25.8 Å². The van der Waals surface area contributed by atoms with Crippen molar-refractivity contribution >= 4 is 30.5 Å². The Morgan fingerprint density at radius 2 is 0.687 bits per heavy atom. The van der Waals surface area contributed by atoms with Gasteiger partial charge < -0.3 is 25.8 Å². The minimum absolute atomic E-state index is 0.230. The Labute approximate surface area is 424 Å². The molecule has 0 saturated carbocycles. The van der Waals surface area contributed by atoms with E-state index in [0.717, 1.165) is 77.8 Å². The van der Waals surface area contributed by atoms with Gasteiger partial charge in [-0.05, 0) is 52.2 Å². The van der Waals surface area contributed by atoms with Crippen LogP contribution in [0.1, 0.15) is 285 Å². The van der Waals surface area contributed by atoms with Crippen molar-refractivity contribution in [3.05, 3.63) is 0 Å². The smallest absolute Gasteiger partial charge is 0.221 e. The summed E-state index contributed by atoms with van der Waals surface area (Å²) in [6.07, 6.45) is 53.7. The summed E-state index contributed by atoms with van der Waals surface area (Å²) in [4.78, 5) is 37.1. The van der Waals surface area contributed by atoms with E-state index < -0.39 is 0 Å². The van der Waals surface area contributed by atoms with Gasteiger partial charge in [-0.1, -0.05) is 247 Å². The quantitative estimate of drug-likeness (QED) is 0.0415. The number of amides is 3.